The summed E-state index contributed by atoms with van der Waals surface area (Å²) in [6.07, 6.45) is 0.573. The summed E-state index contributed by atoms with van der Waals surface area (Å²) >= 11 is 5.58. The molecule has 0 N–H and O–H groups in total. The van der Waals surface area contributed by atoms with Gasteiger partial charge < -0.3 is 4.74 Å². The maximum atomic E-state index is 11.3. The number of thioether (sulfide) groups is 1. The lowest BCUT2D eigenvalue weighted by Gasteiger charge is -2.30. The summed E-state index contributed by atoms with van der Waals surface area (Å²) in [5, 5.41) is 0.215. The number of ether oxygens (including phenoxy) is 1. The summed E-state index contributed by atoms with van der Waals surface area (Å²) in [6, 6.07) is 0. The van der Waals surface area contributed by atoms with Crippen LogP contribution in [-0.4, -0.2) is 27.8 Å². The predicted octanol–water partition coefficient (Wildman–Crippen LogP) is 3.16. The Morgan fingerprint density at radius 2 is 1.87 bits per heavy atom. The molecular formula is C11H22O2S2. The monoisotopic (exact) mass is 250 g/mol. The molecule has 90 valence electrons. The molecule has 0 radical (unpaired) electrons. The summed E-state index contributed by atoms with van der Waals surface area (Å²) in [6.45, 7) is 10.5. The van der Waals surface area contributed by atoms with Crippen LogP contribution in [-0.2, 0) is 9.53 Å². The largest absolute Gasteiger partial charge is 0.373 e. The fourth-order valence-electron chi connectivity index (χ4n) is 0.825. The number of hydrogen-bond donors (Lipinski definition) is 1. The summed E-state index contributed by atoms with van der Waals surface area (Å²) in [5.74, 6) is 0.676. The van der Waals surface area contributed by atoms with Crippen LogP contribution in [0.3, 0.4) is 0 Å². The Labute approximate surface area is 103 Å². The molecule has 0 bridgehead atoms. The van der Waals surface area contributed by atoms with Crippen molar-refractivity contribution in [3.05, 3.63) is 0 Å². The highest BCUT2D eigenvalue weighted by Gasteiger charge is 2.26. The lowest BCUT2D eigenvalue weighted by Crippen LogP contribution is -2.34. The first kappa shape index (κ1) is 15.3. The molecule has 0 spiro atoms. The van der Waals surface area contributed by atoms with E-state index in [0.717, 1.165) is 0 Å². The molecule has 4 heteroatoms. The van der Waals surface area contributed by atoms with Gasteiger partial charge >= 0.3 is 0 Å². The highest BCUT2D eigenvalue weighted by molar-refractivity contribution is 8.14. The lowest BCUT2D eigenvalue weighted by molar-refractivity contribution is -0.110. The van der Waals surface area contributed by atoms with Gasteiger partial charge in [0.2, 0.25) is 0 Å². The van der Waals surface area contributed by atoms with Gasteiger partial charge in [-0.25, -0.2) is 0 Å². The molecule has 0 amide bonds. The predicted molar refractivity (Wildman–Crippen MR) is 70.9 cm³/mol. The second-order valence-corrected chi connectivity index (χ2v) is 6.87. The highest BCUT2D eigenvalue weighted by Crippen LogP contribution is 2.28. The van der Waals surface area contributed by atoms with Crippen molar-refractivity contribution < 1.29 is 9.53 Å². The first-order chi connectivity index (χ1) is 6.72. The van der Waals surface area contributed by atoms with Crippen molar-refractivity contribution in [3.8, 4) is 0 Å². The van der Waals surface area contributed by atoms with E-state index in [-0.39, 0.29) is 15.5 Å². The van der Waals surface area contributed by atoms with Crippen LogP contribution in [0.25, 0.3) is 0 Å². The van der Waals surface area contributed by atoms with Crippen LogP contribution in [0.2, 0.25) is 0 Å². The Morgan fingerprint density at radius 3 is 2.27 bits per heavy atom. The number of carbonyl (C=O) groups excluding carboxylic acids is 1. The van der Waals surface area contributed by atoms with E-state index < -0.39 is 0 Å². The fraction of sp³-hybridized carbons (Fsp3) is 0.909. The van der Waals surface area contributed by atoms with Gasteiger partial charge in [0, 0.05) is 16.9 Å². The molecule has 0 unspecified atom stereocenters. The second-order valence-electron chi connectivity index (χ2n) is 4.79. The van der Waals surface area contributed by atoms with Crippen LogP contribution in [0.4, 0.5) is 0 Å². The van der Waals surface area contributed by atoms with E-state index in [4.69, 9.17) is 4.74 Å². The third-order valence-corrected chi connectivity index (χ3v) is 3.82. The SMILES string of the molecule is CCC(=O)SC(C)(C)COC(C)(C)CS. The summed E-state index contributed by atoms with van der Waals surface area (Å²) in [4.78, 5) is 11.3. The summed E-state index contributed by atoms with van der Waals surface area (Å²) in [7, 11) is 0. The van der Waals surface area contributed by atoms with Gasteiger partial charge in [0.05, 0.1) is 12.2 Å². The van der Waals surface area contributed by atoms with Crippen molar-refractivity contribution in [3.63, 3.8) is 0 Å². The molecule has 0 aromatic heterocycles. The maximum Gasteiger partial charge on any atom is 0.189 e. The van der Waals surface area contributed by atoms with E-state index in [0.29, 0.717) is 18.8 Å². The van der Waals surface area contributed by atoms with Gasteiger partial charge in [0.1, 0.15) is 0 Å². The van der Waals surface area contributed by atoms with Crippen LogP contribution >= 0.6 is 24.4 Å². The van der Waals surface area contributed by atoms with E-state index in [1.54, 1.807) is 0 Å². The zero-order chi connectivity index (χ0) is 12.1. The van der Waals surface area contributed by atoms with Gasteiger partial charge in [-0.15, -0.1) is 0 Å². The van der Waals surface area contributed by atoms with Crippen molar-refractivity contribution in [2.75, 3.05) is 12.4 Å². The van der Waals surface area contributed by atoms with Crippen molar-refractivity contribution in [1.29, 1.82) is 0 Å². The molecule has 0 fully saturated rings. The van der Waals surface area contributed by atoms with E-state index >= 15 is 0 Å². The van der Waals surface area contributed by atoms with Crippen LogP contribution in [0.1, 0.15) is 41.0 Å². The van der Waals surface area contributed by atoms with Crippen LogP contribution in [0.5, 0.6) is 0 Å². The lowest BCUT2D eigenvalue weighted by atomic mass is 10.1. The van der Waals surface area contributed by atoms with Gasteiger partial charge in [-0.05, 0) is 27.7 Å². The third kappa shape index (κ3) is 7.25. The number of rotatable bonds is 6. The van der Waals surface area contributed by atoms with Gasteiger partial charge in [-0.2, -0.15) is 12.6 Å². The average molecular weight is 250 g/mol. The van der Waals surface area contributed by atoms with Crippen molar-refractivity contribution in [2.45, 2.75) is 51.4 Å². The molecule has 0 aliphatic rings. The zero-order valence-electron chi connectivity index (χ0n) is 10.3. The zero-order valence-corrected chi connectivity index (χ0v) is 12.0. The van der Waals surface area contributed by atoms with Crippen LogP contribution in [0.15, 0.2) is 0 Å². The number of carbonyl (C=O) groups is 1. The molecular weight excluding hydrogens is 228 g/mol. The standard InChI is InChI=1S/C11H22O2S2/c1-6-9(12)15-11(4,5)7-13-10(2,3)8-14/h14H,6-8H2,1-5H3. The van der Waals surface area contributed by atoms with Gasteiger partial charge in [-0.1, -0.05) is 18.7 Å². The van der Waals surface area contributed by atoms with Crippen LogP contribution < -0.4 is 0 Å². The highest BCUT2D eigenvalue weighted by atomic mass is 32.2. The Morgan fingerprint density at radius 1 is 1.33 bits per heavy atom. The molecule has 0 saturated heterocycles. The van der Waals surface area contributed by atoms with Crippen molar-refractivity contribution >= 4 is 29.5 Å². The molecule has 0 aliphatic heterocycles. The first-order valence-electron chi connectivity index (χ1n) is 5.19. The second kappa shape index (κ2) is 6.16. The molecule has 0 atom stereocenters. The molecule has 0 aliphatic carbocycles. The topological polar surface area (TPSA) is 26.3 Å². The molecule has 0 aromatic carbocycles. The minimum absolute atomic E-state index is 0.159. The first-order valence-corrected chi connectivity index (χ1v) is 6.64. The van der Waals surface area contributed by atoms with Gasteiger partial charge in [0.15, 0.2) is 5.12 Å². The number of hydrogen-bond acceptors (Lipinski definition) is 4. The minimum atomic E-state index is -0.226. The Hall–Kier alpha value is 0.330. The Bertz CT molecular complexity index is 213. The van der Waals surface area contributed by atoms with E-state index in [2.05, 4.69) is 12.6 Å². The molecule has 2 nitrogen and oxygen atoms in total. The summed E-state index contributed by atoms with van der Waals surface area (Å²) in [5.41, 5.74) is -0.226. The molecule has 0 heterocycles. The van der Waals surface area contributed by atoms with Crippen LogP contribution in [0, 0.1) is 0 Å². The minimum Gasteiger partial charge on any atom is -0.373 e. The average Bonchev–Trinajstić information content (AvgIpc) is 2.14. The third-order valence-electron chi connectivity index (χ3n) is 1.87. The Balaban J connectivity index is 4.09. The quantitative estimate of drug-likeness (QED) is 0.733. The van der Waals surface area contributed by atoms with E-state index in [1.165, 1.54) is 11.8 Å². The van der Waals surface area contributed by atoms with Crippen molar-refractivity contribution in [2.24, 2.45) is 0 Å². The molecule has 0 rings (SSSR count). The van der Waals surface area contributed by atoms with Gasteiger partial charge in [-0.3, -0.25) is 4.79 Å². The summed E-state index contributed by atoms with van der Waals surface area (Å²) < 4.78 is 5.58. The molecule has 0 aromatic rings. The smallest absolute Gasteiger partial charge is 0.189 e. The normalized spacial score (nSPS) is 12.9. The molecule has 0 saturated carbocycles. The van der Waals surface area contributed by atoms with E-state index in [9.17, 15) is 4.79 Å². The van der Waals surface area contributed by atoms with Crippen molar-refractivity contribution in [1.82, 2.24) is 0 Å². The number of thiol groups is 1. The molecule has 15 heavy (non-hydrogen) atoms. The Kier molecular flexibility index (Phi) is 6.30. The van der Waals surface area contributed by atoms with E-state index in [1.807, 2.05) is 34.6 Å². The maximum absolute atomic E-state index is 11.3. The van der Waals surface area contributed by atoms with Gasteiger partial charge in [0.25, 0.3) is 0 Å². The fourth-order valence-corrected chi connectivity index (χ4v) is 1.79.